The monoisotopic (exact) mass is 738 g/mol. The number of carboxylic acids is 1. The van der Waals surface area contributed by atoms with Crippen molar-refractivity contribution < 1.29 is 24.5 Å². The number of allylic oxidation sites excluding steroid dienone is 2. The van der Waals surface area contributed by atoms with Crippen molar-refractivity contribution in [2.45, 2.75) is 197 Å². The van der Waals surface area contributed by atoms with Gasteiger partial charge in [0.15, 0.2) is 5.78 Å². The molecule has 0 aliphatic heterocycles. The van der Waals surface area contributed by atoms with Crippen LogP contribution in [0.4, 0.5) is 0 Å². The maximum Gasteiger partial charge on any atom is 0.313 e. The van der Waals surface area contributed by atoms with Gasteiger partial charge in [-0.2, -0.15) is 0 Å². The van der Waals surface area contributed by atoms with E-state index in [9.17, 15) is 19.8 Å². The number of hydrogen-bond acceptors (Lipinski definition) is 5. The first-order chi connectivity index (χ1) is 25.1. The van der Waals surface area contributed by atoms with Crippen molar-refractivity contribution >= 4 is 11.8 Å². The van der Waals surface area contributed by atoms with E-state index in [2.05, 4.69) is 46.9 Å². The highest BCUT2D eigenvalue weighted by Gasteiger charge is 2.67. The summed E-state index contributed by atoms with van der Waals surface area (Å²) in [6.07, 6.45) is 18.8. The average Bonchev–Trinajstić information content (AvgIpc) is 3.46. The van der Waals surface area contributed by atoms with Gasteiger partial charge in [0.05, 0.1) is 17.3 Å². The normalized spacial score (nSPS) is 42.6. The van der Waals surface area contributed by atoms with Crippen LogP contribution in [0.2, 0.25) is 0 Å². The number of fused-ring (bicyclic) bond motifs is 7. The number of ether oxygens (including phenoxy) is 1. The Bertz CT molecular complexity index is 1390. The summed E-state index contributed by atoms with van der Waals surface area (Å²) in [6.45, 7) is 24.9. The van der Waals surface area contributed by atoms with Crippen LogP contribution in [-0.4, -0.2) is 46.8 Å². The number of rotatable bonds is 9. The zero-order valence-electron chi connectivity index (χ0n) is 35.8. The van der Waals surface area contributed by atoms with Crippen LogP contribution < -0.4 is 5.32 Å². The van der Waals surface area contributed by atoms with Gasteiger partial charge in [-0.3, -0.25) is 9.59 Å². The van der Waals surface area contributed by atoms with Gasteiger partial charge in [0.25, 0.3) is 0 Å². The highest BCUT2D eigenvalue weighted by molar-refractivity contribution is 6.00. The highest BCUT2D eigenvalue weighted by atomic mass is 16.5. The number of carbonyl (C=O) groups excluding carboxylic acids is 1. The fourth-order valence-corrected chi connectivity index (χ4v) is 14.1. The molecule has 6 heteroatoms. The molecule has 0 spiro atoms. The van der Waals surface area contributed by atoms with E-state index < -0.39 is 22.9 Å². The Hall–Kier alpha value is -1.66. The number of carboxylic acid groups (broad SMARTS) is 1. The molecule has 6 nitrogen and oxygen atoms in total. The van der Waals surface area contributed by atoms with Crippen molar-refractivity contribution in [2.24, 2.45) is 56.7 Å². The molecule has 7 aliphatic carbocycles. The van der Waals surface area contributed by atoms with Crippen molar-refractivity contribution in [2.75, 3.05) is 6.54 Å². The second-order valence-electron chi connectivity index (χ2n) is 19.5. The van der Waals surface area contributed by atoms with E-state index in [0.717, 1.165) is 49.9 Å². The lowest BCUT2D eigenvalue weighted by atomic mass is 9.36. The summed E-state index contributed by atoms with van der Waals surface area (Å²) in [7, 11) is 0. The summed E-state index contributed by atoms with van der Waals surface area (Å²) in [5, 5.41) is 25.5. The minimum atomic E-state index is -0.791. The zero-order chi connectivity index (χ0) is 39.1. The molecule has 0 bridgehead atoms. The number of Topliss-reactive ketones (excluding diaryl/α,β-unsaturated/α-hetero) is 1. The molecule has 7 aliphatic rings. The average molecular weight is 738 g/mol. The number of aliphatic hydroxyl groups excluding tert-OH is 1. The Kier molecular flexibility index (Phi) is 12.9. The van der Waals surface area contributed by atoms with E-state index in [4.69, 9.17) is 4.74 Å². The molecule has 5 fully saturated rings. The smallest absolute Gasteiger partial charge is 0.313 e. The van der Waals surface area contributed by atoms with E-state index in [1.807, 2.05) is 33.8 Å². The van der Waals surface area contributed by atoms with Gasteiger partial charge in [-0.05, 0) is 130 Å². The van der Waals surface area contributed by atoms with Crippen molar-refractivity contribution in [1.82, 2.24) is 5.32 Å². The van der Waals surface area contributed by atoms with Crippen LogP contribution in [0.3, 0.4) is 0 Å². The fraction of sp³-hybridized carbons (Fsp3) is 0.872. The Balaban J connectivity index is 0.00000131. The summed E-state index contributed by atoms with van der Waals surface area (Å²) in [5.41, 5.74) is 1.77. The van der Waals surface area contributed by atoms with Crippen LogP contribution in [0.1, 0.15) is 179 Å². The van der Waals surface area contributed by atoms with Crippen molar-refractivity contribution in [3.05, 3.63) is 23.0 Å². The van der Waals surface area contributed by atoms with Gasteiger partial charge in [-0.1, -0.05) is 94.1 Å². The van der Waals surface area contributed by atoms with Gasteiger partial charge in [0, 0.05) is 36.3 Å². The standard InChI is InChI=1S/C43H67NO5.2C2H6/c1-8-40(5)33-17-19-41(6)30-16-21-43(34(46)25-44-27-12-10-9-11-13-27)24-31(45)36(26(2)3)37(43)29(30)14-15-32(41)42(33,7)20-18-35(40)49-28-22-39(4,23-28)38(47)48;2*1-2/h22,26-27,29-30,32-35,44,46H,8-21,23-25H2,1-7H3,(H,47,48);2*1-2H3/t29?,30?,32?,33-,34?,35?,39?,40?,41?,42?,43?;;/m0../s1. The second kappa shape index (κ2) is 16.1. The number of hydrogen-bond donors (Lipinski definition) is 3. The SMILES string of the molecule is CC.CC.CCC1(C)C(OC2=CC(C)(C(=O)O)C2)CCC2(C)C3CCC4C5=C(C(C)C)C(=O)CC5(C(O)CNC5CCCCC5)CCC4C3(C)CC[C@@H]12. The van der Waals surface area contributed by atoms with E-state index in [1.54, 1.807) is 6.92 Å². The van der Waals surface area contributed by atoms with E-state index in [1.165, 1.54) is 56.9 Å². The highest BCUT2D eigenvalue weighted by Crippen LogP contribution is 2.73. The molecular formula is C47H79NO5. The van der Waals surface area contributed by atoms with Gasteiger partial charge in [0.2, 0.25) is 0 Å². The summed E-state index contributed by atoms with van der Waals surface area (Å²) >= 11 is 0. The van der Waals surface area contributed by atoms with Crippen LogP contribution in [0.5, 0.6) is 0 Å². The molecule has 10 unspecified atom stereocenters. The zero-order valence-corrected chi connectivity index (χ0v) is 35.8. The first-order valence-corrected chi connectivity index (χ1v) is 22.4. The number of aliphatic hydroxyl groups is 1. The number of carbonyl (C=O) groups is 2. The molecule has 0 saturated heterocycles. The molecule has 0 radical (unpaired) electrons. The van der Waals surface area contributed by atoms with Gasteiger partial charge in [0.1, 0.15) is 6.10 Å². The maximum absolute atomic E-state index is 13.9. The molecule has 5 saturated carbocycles. The number of aliphatic carboxylic acids is 1. The topological polar surface area (TPSA) is 95.9 Å². The van der Waals surface area contributed by atoms with Crippen molar-refractivity contribution in [3.63, 3.8) is 0 Å². The molecule has 11 atom stereocenters. The fourth-order valence-electron chi connectivity index (χ4n) is 14.1. The van der Waals surface area contributed by atoms with E-state index in [-0.39, 0.29) is 28.3 Å². The van der Waals surface area contributed by atoms with Crippen LogP contribution in [0.15, 0.2) is 23.0 Å². The van der Waals surface area contributed by atoms with Crippen molar-refractivity contribution in [1.29, 1.82) is 0 Å². The lowest BCUT2D eigenvalue weighted by Crippen LogP contribution is -2.63. The van der Waals surface area contributed by atoms with Crippen LogP contribution >= 0.6 is 0 Å². The van der Waals surface area contributed by atoms with Crippen LogP contribution in [0, 0.1) is 56.7 Å². The quantitative estimate of drug-likeness (QED) is 0.218. The maximum atomic E-state index is 13.9. The lowest BCUT2D eigenvalue weighted by molar-refractivity contribution is -0.214. The Morgan fingerprint density at radius 3 is 2.11 bits per heavy atom. The minimum Gasteiger partial charge on any atom is -0.494 e. The van der Waals surface area contributed by atoms with Gasteiger partial charge in [-0.25, -0.2) is 0 Å². The molecular weight excluding hydrogens is 659 g/mol. The van der Waals surface area contributed by atoms with Gasteiger partial charge < -0.3 is 20.3 Å². The molecule has 0 aromatic heterocycles. The lowest BCUT2D eigenvalue weighted by Gasteiger charge is -2.69. The second-order valence-corrected chi connectivity index (χ2v) is 19.5. The Labute approximate surface area is 324 Å². The summed E-state index contributed by atoms with van der Waals surface area (Å²) < 4.78 is 6.73. The third kappa shape index (κ3) is 6.92. The third-order valence-electron chi connectivity index (χ3n) is 16.8. The molecule has 0 aromatic carbocycles. The molecule has 0 aromatic rings. The van der Waals surface area contributed by atoms with E-state index in [0.29, 0.717) is 54.9 Å². The summed E-state index contributed by atoms with van der Waals surface area (Å²) in [5.74, 6) is 2.78. The summed E-state index contributed by atoms with van der Waals surface area (Å²) in [6, 6.07) is 0.500. The first-order valence-electron chi connectivity index (χ1n) is 22.4. The largest absolute Gasteiger partial charge is 0.494 e. The Morgan fingerprint density at radius 2 is 1.51 bits per heavy atom. The molecule has 3 N–H and O–H groups in total. The predicted molar refractivity (Wildman–Crippen MR) is 216 cm³/mol. The molecule has 0 amide bonds. The number of ketones is 1. The number of nitrogens with one attached hydrogen (secondary N) is 1. The molecule has 53 heavy (non-hydrogen) atoms. The third-order valence-corrected chi connectivity index (χ3v) is 16.8. The molecule has 0 heterocycles. The van der Waals surface area contributed by atoms with Gasteiger partial charge in [-0.15, -0.1) is 0 Å². The van der Waals surface area contributed by atoms with Crippen molar-refractivity contribution in [3.8, 4) is 0 Å². The van der Waals surface area contributed by atoms with E-state index >= 15 is 0 Å². The van der Waals surface area contributed by atoms with Crippen LogP contribution in [-0.2, 0) is 14.3 Å². The molecule has 7 rings (SSSR count). The predicted octanol–water partition coefficient (Wildman–Crippen LogP) is 11.1. The van der Waals surface area contributed by atoms with Crippen LogP contribution in [0.25, 0.3) is 0 Å². The van der Waals surface area contributed by atoms with Gasteiger partial charge >= 0.3 is 5.97 Å². The summed E-state index contributed by atoms with van der Waals surface area (Å²) in [4.78, 5) is 25.7. The molecule has 302 valence electrons. The Morgan fingerprint density at radius 1 is 0.868 bits per heavy atom. The minimum absolute atomic E-state index is 0.0452. The first kappa shape index (κ1) is 42.5.